The van der Waals surface area contributed by atoms with Crippen LogP contribution in [-0.2, 0) is 27.1 Å². The van der Waals surface area contributed by atoms with Gasteiger partial charge < -0.3 is 14.8 Å². The fourth-order valence-electron chi connectivity index (χ4n) is 3.62. The van der Waals surface area contributed by atoms with Crippen molar-refractivity contribution in [3.05, 3.63) is 69.9 Å². The third-order valence-corrected chi connectivity index (χ3v) is 5.59. The number of hydrogen-bond acceptors (Lipinski definition) is 4. The van der Waals surface area contributed by atoms with Gasteiger partial charge in [0.2, 0.25) is 0 Å². The lowest BCUT2D eigenvalue weighted by Gasteiger charge is -2.26. The third-order valence-electron chi connectivity index (χ3n) is 5.06. The summed E-state index contributed by atoms with van der Waals surface area (Å²) in [6, 6.07) is 13.7. The topological polar surface area (TPSA) is 64.6 Å². The van der Waals surface area contributed by atoms with E-state index in [0.29, 0.717) is 18.4 Å². The first-order valence-electron chi connectivity index (χ1n) is 10.3. The molecule has 7 heteroatoms. The molecule has 1 aliphatic heterocycles. The zero-order valence-electron chi connectivity index (χ0n) is 17.9. The van der Waals surface area contributed by atoms with Crippen molar-refractivity contribution in [2.24, 2.45) is 5.92 Å². The average Bonchev–Trinajstić information content (AvgIpc) is 3.04. The second-order valence-electron chi connectivity index (χ2n) is 8.79. The lowest BCUT2D eigenvalue weighted by molar-refractivity contribution is -0.145. The highest BCUT2D eigenvalue weighted by Gasteiger charge is 2.40. The molecule has 0 bridgehead atoms. The zero-order valence-corrected chi connectivity index (χ0v) is 19.4. The molecule has 1 saturated heterocycles. The fraction of sp³-hybridized carbons (Fsp3) is 0.417. The predicted molar refractivity (Wildman–Crippen MR) is 119 cm³/mol. The van der Waals surface area contributed by atoms with Crippen LogP contribution in [-0.4, -0.2) is 29.8 Å². The normalized spacial score (nSPS) is 19.6. The maximum Gasteiger partial charge on any atom is 0.408 e. The van der Waals surface area contributed by atoms with Crippen LogP contribution in [0.1, 0.15) is 38.3 Å². The Balaban J connectivity index is 1.74. The van der Waals surface area contributed by atoms with E-state index in [1.807, 2.05) is 24.3 Å². The van der Waals surface area contributed by atoms with Crippen molar-refractivity contribution in [2.75, 3.05) is 0 Å². The van der Waals surface area contributed by atoms with Crippen molar-refractivity contribution < 1.29 is 23.5 Å². The fourth-order valence-corrected chi connectivity index (χ4v) is 3.89. The van der Waals surface area contributed by atoms with Gasteiger partial charge in [-0.25, -0.2) is 9.18 Å². The Bertz CT molecular complexity index is 926. The number of rotatable bonds is 6. The van der Waals surface area contributed by atoms with Crippen LogP contribution in [0.3, 0.4) is 0 Å². The maximum absolute atomic E-state index is 14.0. The van der Waals surface area contributed by atoms with Crippen LogP contribution in [0.5, 0.6) is 0 Å². The summed E-state index contributed by atoms with van der Waals surface area (Å²) < 4.78 is 26.0. The molecule has 0 aromatic heterocycles. The van der Waals surface area contributed by atoms with Gasteiger partial charge in [-0.15, -0.1) is 0 Å². The van der Waals surface area contributed by atoms with Crippen LogP contribution in [0, 0.1) is 11.7 Å². The first-order chi connectivity index (χ1) is 14.6. The summed E-state index contributed by atoms with van der Waals surface area (Å²) in [6.07, 6.45) is 0.0317. The molecule has 3 atom stereocenters. The Morgan fingerprint density at radius 3 is 2.55 bits per heavy atom. The van der Waals surface area contributed by atoms with Gasteiger partial charge in [0, 0.05) is 10.9 Å². The van der Waals surface area contributed by atoms with Gasteiger partial charge >= 0.3 is 12.1 Å². The molecule has 0 radical (unpaired) electrons. The Labute approximate surface area is 190 Å². The first kappa shape index (κ1) is 23.3. The lowest BCUT2D eigenvalue weighted by Crippen LogP contribution is -2.46. The highest BCUT2D eigenvalue weighted by Crippen LogP contribution is 2.29. The summed E-state index contributed by atoms with van der Waals surface area (Å²) in [5.41, 5.74) is 0.818. The number of esters is 1. The SMILES string of the molecule is CC(C)(C)OC(=O)N[C@@H](Cc1ccc(Br)cc1)[C@@H]1C[C@@H](Cc2ccccc2F)C(=O)O1. The molecule has 166 valence electrons. The predicted octanol–water partition coefficient (Wildman–Crippen LogP) is 5.20. The Hall–Kier alpha value is -2.41. The van der Waals surface area contributed by atoms with E-state index in [1.165, 1.54) is 6.07 Å². The molecule has 1 amide bonds. The number of nitrogens with one attached hydrogen (secondary N) is 1. The molecule has 31 heavy (non-hydrogen) atoms. The standard InChI is InChI=1S/C24H27BrFNO4/c1-24(2,3)31-23(29)27-20(12-15-8-10-18(25)11-9-15)21-14-17(22(28)30-21)13-16-6-4-5-7-19(16)26/h4-11,17,20-21H,12-14H2,1-3H3,(H,27,29)/t17-,20+,21+/m1/s1. The summed E-state index contributed by atoms with van der Waals surface area (Å²) >= 11 is 3.41. The number of ether oxygens (including phenoxy) is 2. The minimum Gasteiger partial charge on any atom is -0.460 e. The smallest absolute Gasteiger partial charge is 0.408 e. The minimum absolute atomic E-state index is 0.263. The van der Waals surface area contributed by atoms with Crippen LogP contribution in [0.25, 0.3) is 0 Å². The number of halogens is 2. The van der Waals surface area contributed by atoms with Crippen LogP contribution in [0.15, 0.2) is 53.0 Å². The number of alkyl carbamates (subject to hydrolysis) is 1. The summed E-state index contributed by atoms with van der Waals surface area (Å²) in [4.78, 5) is 25.0. The number of cyclic esters (lactones) is 1. The van der Waals surface area contributed by atoms with Gasteiger partial charge in [-0.2, -0.15) is 0 Å². The number of benzene rings is 2. The minimum atomic E-state index is -0.647. The van der Waals surface area contributed by atoms with Crippen molar-refractivity contribution in [3.8, 4) is 0 Å². The Morgan fingerprint density at radius 2 is 1.90 bits per heavy atom. The summed E-state index contributed by atoms with van der Waals surface area (Å²) in [7, 11) is 0. The number of carbonyl (C=O) groups is 2. The van der Waals surface area contributed by atoms with Gasteiger partial charge in [-0.05, 0) is 62.9 Å². The molecule has 1 N–H and O–H groups in total. The molecule has 2 aromatic rings. The van der Waals surface area contributed by atoms with Gasteiger partial charge in [0.15, 0.2) is 0 Å². The second kappa shape index (κ2) is 9.81. The van der Waals surface area contributed by atoms with Crippen LogP contribution < -0.4 is 5.32 Å². The van der Waals surface area contributed by atoms with Gasteiger partial charge in [0.1, 0.15) is 17.5 Å². The highest BCUT2D eigenvalue weighted by atomic mass is 79.9. The quantitative estimate of drug-likeness (QED) is 0.564. The number of carbonyl (C=O) groups excluding carboxylic acids is 2. The molecular weight excluding hydrogens is 465 g/mol. The molecule has 0 saturated carbocycles. The summed E-state index contributed by atoms with van der Waals surface area (Å²) in [5.74, 6) is -1.17. The van der Waals surface area contributed by atoms with E-state index < -0.39 is 29.8 Å². The molecular formula is C24H27BrFNO4. The highest BCUT2D eigenvalue weighted by molar-refractivity contribution is 9.10. The van der Waals surface area contributed by atoms with Crippen molar-refractivity contribution in [1.29, 1.82) is 0 Å². The zero-order chi connectivity index (χ0) is 22.6. The van der Waals surface area contributed by atoms with E-state index in [2.05, 4.69) is 21.2 Å². The van der Waals surface area contributed by atoms with E-state index in [0.717, 1.165) is 10.0 Å². The van der Waals surface area contributed by atoms with Gasteiger partial charge in [0.05, 0.1) is 12.0 Å². The van der Waals surface area contributed by atoms with Crippen molar-refractivity contribution in [3.63, 3.8) is 0 Å². The van der Waals surface area contributed by atoms with E-state index in [4.69, 9.17) is 9.47 Å². The van der Waals surface area contributed by atoms with Gasteiger partial charge in [-0.1, -0.05) is 46.3 Å². The van der Waals surface area contributed by atoms with E-state index in [1.54, 1.807) is 39.0 Å². The Morgan fingerprint density at radius 1 is 1.23 bits per heavy atom. The molecule has 0 spiro atoms. The molecule has 0 aliphatic carbocycles. The largest absolute Gasteiger partial charge is 0.460 e. The van der Waals surface area contributed by atoms with Gasteiger partial charge in [0.25, 0.3) is 0 Å². The van der Waals surface area contributed by atoms with E-state index >= 15 is 0 Å². The summed E-state index contributed by atoms with van der Waals surface area (Å²) in [6.45, 7) is 5.36. The van der Waals surface area contributed by atoms with Crippen LogP contribution in [0.4, 0.5) is 9.18 Å². The number of hydrogen-bond donors (Lipinski definition) is 1. The van der Waals surface area contributed by atoms with Crippen molar-refractivity contribution in [1.82, 2.24) is 5.32 Å². The first-order valence-corrected chi connectivity index (χ1v) is 11.1. The molecule has 5 nitrogen and oxygen atoms in total. The molecule has 2 aromatic carbocycles. The van der Waals surface area contributed by atoms with Gasteiger partial charge in [-0.3, -0.25) is 4.79 Å². The lowest BCUT2D eigenvalue weighted by atomic mass is 9.92. The van der Waals surface area contributed by atoms with Crippen LogP contribution in [0.2, 0.25) is 0 Å². The third kappa shape index (κ3) is 6.79. The monoisotopic (exact) mass is 491 g/mol. The average molecular weight is 492 g/mol. The number of amides is 1. The van der Waals surface area contributed by atoms with E-state index in [-0.39, 0.29) is 18.2 Å². The summed E-state index contributed by atoms with van der Waals surface area (Å²) in [5, 5.41) is 2.87. The van der Waals surface area contributed by atoms with Crippen molar-refractivity contribution in [2.45, 2.75) is 57.8 Å². The van der Waals surface area contributed by atoms with Crippen molar-refractivity contribution >= 4 is 28.0 Å². The molecule has 1 fully saturated rings. The second-order valence-corrected chi connectivity index (χ2v) is 9.70. The van der Waals surface area contributed by atoms with Crippen LogP contribution >= 0.6 is 15.9 Å². The molecule has 0 unspecified atom stereocenters. The maximum atomic E-state index is 14.0. The molecule has 1 heterocycles. The van der Waals surface area contributed by atoms with E-state index in [9.17, 15) is 14.0 Å². The molecule has 1 aliphatic rings. The Kier molecular flexibility index (Phi) is 7.36. The molecule has 3 rings (SSSR count).